The van der Waals surface area contributed by atoms with Gasteiger partial charge in [0.15, 0.2) is 5.78 Å². The van der Waals surface area contributed by atoms with Crippen molar-refractivity contribution in [1.82, 2.24) is 0 Å². The van der Waals surface area contributed by atoms with Crippen LogP contribution in [0.3, 0.4) is 0 Å². The number of carbonyl (C=O) groups excluding carboxylic acids is 1. The lowest BCUT2D eigenvalue weighted by atomic mass is 10.0. The molecule has 0 bridgehead atoms. The zero-order chi connectivity index (χ0) is 13.0. The fourth-order valence-corrected chi connectivity index (χ4v) is 2.34. The lowest BCUT2D eigenvalue weighted by Gasteiger charge is -2.11. The minimum Gasteiger partial charge on any atom is -0.496 e. The normalized spacial score (nSPS) is 18.9. The molecular formula is C15H20O3. The Kier molecular flexibility index (Phi) is 4.37. The van der Waals surface area contributed by atoms with Gasteiger partial charge in [-0.15, -0.1) is 0 Å². The summed E-state index contributed by atoms with van der Waals surface area (Å²) in [5.41, 5.74) is 1.77. The predicted octanol–water partition coefficient (Wildman–Crippen LogP) is 3.15. The van der Waals surface area contributed by atoms with E-state index in [2.05, 4.69) is 0 Å². The number of rotatable bonds is 5. The second kappa shape index (κ2) is 6.01. The minimum absolute atomic E-state index is 0.144. The second-order valence-electron chi connectivity index (χ2n) is 4.80. The summed E-state index contributed by atoms with van der Waals surface area (Å²) in [6.07, 6.45) is 3.82. The van der Waals surface area contributed by atoms with Gasteiger partial charge in [-0.1, -0.05) is 11.6 Å². The third-order valence-corrected chi connectivity index (χ3v) is 3.37. The van der Waals surface area contributed by atoms with Gasteiger partial charge in [0.1, 0.15) is 5.75 Å². The largest absolute Gasteiger partial charge is 0.496 e. The maximum atomic E-state index is 12.2. The quantitative estimate of drug-likeness (QED) is 0.751. The Balaban J connectivity index is 2.00. The molecule has 1 fully saturated rings. The number of methoxy groups -OCH3 is 1. The number of carbonyl (C=O) groups is 1. The number of hydrogen-bond donors (Lipinski definition) is 0. The Hall–Kier alpha value is -1.35. The van der Waals surface area contributed by atoms with Crippen LogP contribution in [0.5, 0.6) is 5.75 Å². The Bertz CT molecular complexity index is 420. The molecule has 1 aromatic carbocycles. The first-order valence-corrected chi connectivity index (χ1v) is 6.50. The number of benzene rings is 1. The first-order valence-electron chi connectivity index (χ1n) is 6.50. The van der Waals surface area contributed by atoms with Crippen LogP contribution in [0.25, 0.3) is 0 Å². The van der Waals surface area contributed by atoms with Crippen LogP contribution < -0.4 is 4.74 Å². The highest BCUT2D eigenvalue weighted by Gasteiger charge is 2.18. The minimum atomic E-state index is 0.144. The highest BCUT2D eigenvalue weighted by atomic mass is 16.5. The summed E-state index contributed by atoms with van der Waals surface area (Å²) < 4.78 is 10.8. The van der Waals surface area contributed by atoms with Crippen LogP contribution in [0.1, 0.15) is 41.6 Å². The van der Waals surface area contributed by atoms with Gasteiger partial charge in [0.25, 0.3) is 0 Å². The average Bonchev–Trinajstić information content (AvgIpc) is 2.89. The van der Waals surface area contributed by atoms with Crippen molar-refractivity contribution in [3.05, 3.63) is 29.3 Å². The third kappa shape index (κ3) is 3.10. The molecule has 0 N–H and O–H groups in total. The number of hydrogen-bond acceptors (Lipinski definition) is 3. The van der Waals surface area contributed by atoms with Crippen molar-refractivity contribution >= 4 is 5.78 Å². The second-order valence-corrected chi connectivity index (χ2v) is 4.80. The molecule has 0 saturated carbocycles. The highest BCUT2D eigenvalue weighted by Crippen LogP contribution is 2.23. The van der Waals surface area contributed by atoms with E-state index in [1.54, 1.807) is 7.11 Å². The SMILES string of the molecule is COc1ccc(C)cc1C(=O)CCC1CCCO1. The zero-order valence-corrected chi connectivity index (χ0v) is 11.1. The fourth-order valence-electron chi connectivity index (χ4n) is 2.34. The lowest BCUT2D eigenvalue weighted by Crippen LogP contribution is -2.09. The van der Waals surface area contributed by atoms with E-state index < -0.39 is 0 Å². The molecule has 98 valence electrons. The Morgan fingerprint density at radius 3 is 3.00 bits per heavy atom. The summed E-state index contributed by atoms with van der Waals surface area (Å²) >= 11 is 0. The van der Waals surface area contributed by atoms with Crippen LogP contribution in [0.2, 0.25) is 0 Å². The molecule has 18 heavy (non-hydrogen) atoms. The highest BCUT2D eigenvalue weighted by molar-refractivity contribution is 5.98. The number of ketones is 1. The van der Waals surface area contributed by atoms with E-state index in [-0.39, 0.29) is 11.9 Å². The molecule has 1 saturated heterocycles. The topological polar surface area (TPSA) is 35.5 Å². The van der Waals surface area contributed by atoms with Crippen molar-refractivity contribution in [1.29, 1.82) is 0 Å². The summed E-state index contributed by atoms with van der Waals surface area (Å²) in [7, 11) is 1.60. The van der Waals surface area contributed by atoms with E-state index >= 15 is 0 Å². The molecular weight excluding hydrogens is 228 g/mol. The van der Waals surface area contributed by atoms with Gasteiger partial charge in [-0.2, -0.15) is 0 Å². The van der Waals surface area contributed by atoms with Crippen molar-refractivity contribution in [2.45, 2.75) is 38.7 Å². The maximum absolute atomic E-state index is 12.2. The smallest absolute Gasteiger partial charge is 0.166 e. The van der Waals surface area contributed by atoms with E-state index in [0.717, 1.165) is 31.4 Å². The first-order chi connectivity index (χ1) is 8.70. The van der Waals surface area contributed by atoms with Crippen LogP contribution in [-0.2, 0) is 4.74 Å². The van der Waals surface area contributed by atoms with Gasteiger partial charge in [0.05, 0.1) is 18.8 Å². The Morgan fingerprint density at radius 2 is 2.33 bits per heavy atom. The molecule has 0 aliphatic carbocycles. The van der Waals surface area contributed by atoms with Gasteiger partial charge in [-0.05, 0) is 38.3 Å². The van der Waals surface area contributed by atoms with E-state index in [1.807, 2.05) is 25.1 Å². The van der Waals surface area contributed by atoms with E-state index in [9.17, 15) is 4.79 Å². The summed E-state index contributed by atoms with van der Waals surface area (Å²) in [4.78, 5) is 12.2. The molecule has 1 heterocycles. The lowest BCUT2D eigenvalue weighted by molar-refractivity contribution is 0.0857. The number of ether oxygens (including phenoxy) is 2. The maximum Gasteiger partial charge on any atom is 0.166 e. The van der Waals surface area contributed by atoms with E-state index in [0.29, 0.717) is 17.7 Å². The van der Waals surface area contributed by atoms with Crippen LogP contribution in [-0.4, -0.2) is 25.6 Å². The van der Waals surface area contributed by atoms with Gasteiger partial charge >= 0.3 is 0 Å². The van der Waals surface area contributed by atoms with Crippen molar-refractivity contribution in [3.63, 3.8) is 0 Å². The summed E-state index contributed by atoms with van der Waals surface area (Å²) in [6, 6.07) is 5.71. The molecule has 1 aliphatic heterocycles. The Morgan fingerprint density at radius 1 is 1.50 bits per heavy atom. The monoisotopic (exact) mass is 248 g/mol. The standard InChI is InChI=1S/C15H20O3/c1-11-5-8-15(17-2)13(10-11)14(16)7-6-12-4-3-9-18-12/h5,8,10,12H,3-4,6-7,9H2,1-2H3. The van der Waals surface area contributed by atoms with E-state index in [4.69, 9.17) is 9.47 Å². The summed E-state index contributed by atoms with van der Waals surface area (Å²) in [5, 5.41) is 0. The molecule has 0 aromatic heterocycles. The van der Waals surface area contributed by atoms with Gasteiger partial charge in [-0.3, -0.25) is 4.79 Å². The summed E-state index contributed by atoms with van der Waals surface area (Å²) in [6.45, 7) is 2.82. The summed E-state index contributed by atoms with van der Waals surface area (Å²) in [5.74, 6) is 0.809. The number of Topliss-reactive ketones (excluding diaryl/α,β-unsaturated/α-hetero) is 1. The third-order valence-electron chi connectivity index (χ3n) is 3.37. The van der Waals surface area contributed by atoms with E-state index in [1.165, 1.54) is 0 Å². The molecule has 3 heteroatoms. The van der Waals surface area contributed by atoms with Crippen LogP contribution in [0.4, 0.5) is 0 Å². The molecule has 0 amide bonds. The van der Waals surface area contributed by atoms with Gasteiger partial charge in [0, 0.05) is 13.0 Å². The molecule has 1 aromatic rings. The van der Waals surface area contributed by atoms with Crippen molar-refractivity contribution in [2.24, 2.45) is 0 Å². The van der Waals surface area contributed by atoms with Gasteiger partial charge in [-0.25, -0.2) is 0 Å². The van der Waals surface area contributed by atoms with Crippen molar-refractivity contribution in [3.8, 4) is 5.75 Å². The molecule has 2 rings (SSSR count). The molecule has 0 radical (unpaired) electrons. The van der Waals surface area contributed by atoms with Gasteiger partial charge < -0.3 is 9.47 Å². The van der Waals surface area contributed by atoms with Crippen molar-refractivity contribution in [2.75, 3.05) is 13.7 Å². The average molecular weight is 248 g/mol. The van der Waals surface area contributed by atoms with Gasteiger partial charge in [0.2, 0.25) is 0 Å². The number of aryl methyl sites for hydroxylation is 1. The Labute approximate surface area is 108 Å². The van der Waals surface area contributed by atoms with Crippen LogP contribution >= 0.6 is 0 Å². The molecule has 3 nitrogen and oxygen atoms in total. The molecule has 1 atom stereocenters. The van der Waals surface area contributed by atoms with Crippen LogP contribution in [0, 0.1) is 6.92 Å². The first kappa shape index (κ1) is 13.1. The molecule has 0 spiro atoms. The fraction of sp³-hybridized carbons (Fsp3) is 0.533. The van der Waals surface area contributed by atoms with Crippen molar-refractivity contribution < 1.29 is 14.3 Å². The predicted molar refractivity (Wildman–Crippen MR) is 70.3 cm³/mol. The zero-order valence-electron chi connectivity index (χ0n) is 11.1. The molecule has 1 aliphatic rings. The van der Waals surface area contributed by atoms with Crippen LogP contribution in [0.15, 0.2) is 18.2 Å². The molecule has 1 unspecified atom stereocenters.